The van der Waals surface area contributed by atoms with Gasteiger partial charge in [-0.05, 0) is 44.9 Å². The largest absolute Gasteiger partial charge is 0.472 e. The Morgan fingerprint density at radius 3 is 1.55 bits per heavy atom. The number of rotatable bonds is 41. The molecule has 0 radical (unpaired) electrons. The molecule has 3 N–H and O–H groups in total. The van der Waals surface area contributed by atoms with Crippen LogP contribution in [0.15, 0.2) is 36.5 Å². The van der Waals surface area contributed by atoms with Crippen molar-refractivity contribution in [2.24, 2.45) is 0 Å². The monoisotopic (exact) mass is 798 g/mol. The molecule has 0 fully saturated rings. The number of nitrogens with zero attached hydrogens (tertiary/aromatic N) is 1. The number of hydrogen-bond acceptors (Lipinski definition) is 5. The van der Waals surface area contributed by atoms with Crippen molar-refractivity contribution in [3.63, 3.8) is 0 Å². The summed E-state index contributed by atoms with van der Waals surface area (Å²) in [7, 11) is 1.56. The topological polar surface area (TPSA) is 105 Å². The van der Waals surface area contributed by atoms with Gasteiger partial charge in [0.1, 0.15) is 13.2 Å². The molecule has 3 unspecified atom stereocenters. The maximum Gasteiger partial charge on any atom is 0.472 e. The lowest BCUT2D eigenvalue weighted by molar-refractivity contribution is -0.870. The van der Waals surface area contributed by atoms with E-state index in [9.17, 15) is 19.4 Å². The number of amides is 1. The standard InChI is InChI=1S/C46H89N2O6P/c1-6-8-10-12-14-16-18-20-22-23-24-25-26-27-29-31-33-35-37-39-45(49)44(43-54-55(51,52)53-42-41-48(3,4)5)47-46(50)40-38-36-34-32-30-28-21-19-17-15-13-11-9-7-2/h13,15,19,21,37,39,44-45,49H,6-12,14,16-18,20,22-36,38,40-43H2,1-5H3,(H-,47,50,51,52)/p+1/b15-13-,21-19-,39-37+. The molecule has 0 saturated carbocycles. The highest BCUT2D eigenvalue weighted by atomic mass is 31.2. The van der Waals surface area contributed by atoms with Gasteiger partial charge in [-0.15, -0.1) is 0 Å². The second kappa shape index (κ2) is 38.2. The zero-order valence-corrected chi connectivity index (χ0v) is 37.6. The van der Waals surface area contributed by atoms with Crippen molar-refractivity contribution in [3.8, 4) is 0 Å². The van der Waals surface area contributed by atoms with Crippen LogP contribution < -0.4 is 5.32 Å². The third-order valence-corrected chi connectivity index (χ3v) is 11.1. The van der Waals surface area contributed by atoms with Gasteiger partial charge >= 0.3 is 7.82 Å². The molecule has 0 aromatic carbocycles. The number of aliphatic hydroxyl groups is 1. The zero-order valence-electron chi connectivity index (χ0n) is 36.7. The molecule has 0 saturated heterocycles. The van der Waals surface area contributed by atoms with E-state index in [1.165, 1.54) is 116 Å². The number of hydrogen-bond donors (Lipinski definition) is 3. The summed E-state index contributed by atoms with van der Waals surface area (Å²) in [4.78, 5) is 23.1. The number of aliphatic hydroxyl groups excluding tert-OH is 1. The number of phosphoric acid groups is 1. The number of phosphoric ester groups is 1. The highest BCUT2D eigenvalue weighted by Crippen LogP contribution is 2.43. The lowest BCUT2D eigenvalue weighted by Gasteiger charge is -2.25. The van der Waals surface area contributed by atoms with Crippen molar-refractivity contribution in [3.05, 3.63) is 36.5 Å². The highest BCUT2D eigenvalue weighted by molar-refractivity contribution is 7.47. The third kappa shape index (κ3) is 40.7. The predicted octanol–water partition coefficient (Wildman–Crippen LogP) is 12.7. The highest BCUT2D eigenvalue weighted by Gasteiger charge is 2.27. The summed E-state index contributed by atoms with van der Waals surface area (Å²) in [6.45, 7) is 4.76. The Morgan fingerprint density at radius 1 is 0.618 bits per heavy atom. The van der Waals surface area contributed by atoms with E-state index in [2.05, 4.69) is 43.5 Å². The van der Waals surface area contributed by atoms with E-state index < -0.39 is 20.0 Å². The van der Waals surface area contributed by atoms with Gasteiger partial charge in [-0.25, -0.2) is 4.57 Å². The molecule has 0 aliphatic heterocycles. The zero-order chi connectivity index (χ0) is 40.7. The van der Waals surface area contributed by atoms with Gasteiger partial charge in [0.25, 0.3) is 0 Å². The van der Waals surface area contributed by atoms with E-state index in [1.54, 1.807) is 6.08 Å². The lowest BCUT2D eigenvalue weighted by atomic mass is 10.0. The van der Waals surface area contributed by atoms with Crippen LogP contribution in [0.2, 0.25) is 0 Å². The SMILES string of the molecule is CCCC/C=C\C/C=C\CCCCCCCC(=O)NC(COP(=O)(O)OCC[N+](C)(C)C)C(O)/C=C/CCCCCCCCCCCCCCCCCCC. The Hall–Kier alpha value is -1.28. The van der Waals surface area contributed by atoms with Crippen LogP contribution in [0.4, 0.5) is 0 Å². The summed E-state index contributed by atoms with van der Waals surface area (Å²) in [5, 5.41) is 13.8. The molecule has 0 aromatic rings. The number of carbonyl (C=O) groups excluding carboxylic acids is 1. The first kappa shape index (κ1) is 53.7. The Morgan fingerprint density at radius 2 is 1.05 bits per heavy atom. The first-order valence-corrected chi connectivity index (χ1v) is 24.4. The van der Waals surface area contributed by atoms with Crippen LogP contribution in [0.1, 0.15) is 200 Å². The van der Waals surface area contributed by atoms with E-state index in [-0.39, 0.29) is 19.1 Å². The molecule has 0 heterocycles. The Labute approximate surface area is 340 Å². The lowest BCUT2D eigenvalue weighted by Crippen LogP contribution is -2.45. The molecule has 0 bridgehead atoms. The number of likely N-dealkylation sites (N-methyl/N-ethyl adjacent to an activating group) is 1. The molecular weight excluding hydrogens is 707 g/mol. The maximum absolute atomic E-state index is 12.9. The first-order valence-electron chi connectivity index (χ1n) is 22.9. The van der Waals surface area contributed by atoms with Crippen molar-refractivity contribution in [1.82, 2.24) is 5.32 Å². The van der Waals surface area contributed by atoms with E-state index >= 15 is 0 Å². The van der Waals surface area contributed by atoms with E-state index in [0.717, 1.165) is 64.2 Å². The van der Waals surface area contributed by atoms with Crippen molar-refractivity contribution in [2.75, 3.05) is 40.9 Å². The van der Waals surface area contributed by atoms with E-state index in [4.69, 9.17) is 9.05 Å². The van der Waals surface area contributed by atoms with Crippen molar-refractivity contribution >= 4 is 13.7 Å². The predicted molar refractivity (Wildman–Crippen MR) is 235 cm³/mol. The van der Waals surface area contributed by atoms with Crippen LogP contribution in [0.3, 0.4) is 0 Å². The maximum atomic E-state index is 12.9. The van der Waals surface area contributed by atoms with E-state index in [1.807, 2.05) is 27.2 Å². The number of quaternary nitrogens is 1. The second-order valence-electron chi connectivity index (χ2n) is 16.8. The molecule has 1 amide bonds. The van der Waals surface area contributed by atoms with Crippen LogP contribution >= 0.6 is 7.82 Å². The number of carbonyl (C=O) groups is 1. The molecule has 55 heavy (non-hydrogen) atoms. The quantitative estimate of drug-likeness (QED) is 0.0246. The van der Waals surface area contributed by atoms with Gasteiger partial charge in [-0.1, -0.05) is 185 Å². The van der Waals surface area contributed by atoms with Gasteiger partial charge in [0.15, 0.2) is 0 Å². The van der Waals surface area contributed by atoms with Gasteiger partial charge < -0.3 is 19.8 Å². The molecule has 8 nitrogen and oxygen atoms in total. The van der Waals surface area contributed by atoms with Gasteiger partial charge in [-0.2, -0.15) is 0 Å². The molecule has 324 valence electrons. The molecule has 3 atom stereocenters. The molecular formula is C46H90N2O6P+. The summed E-state index contributed by atoms with van der Waals surface area (Å²) in [5.41, 5.74) is 0. The molecule has 0 aromatic heterocycles. The van der Waals surface area contributed by atoms with Crippen LogP contribution in [-0.4, -0.2) is 73.4 Å². The Kier molecular flexibility index (Phi) is 37.4. The Balaban J connectivity index is 4.41. The second-order valence-corrected chi connectivity index (χ2v) is 18.2. The third-order valence-electron chi connectivity index (χ3n) is 10.1. The Bertz CT molecular complexity index is 995. The van der Waals surface area contributed by atoms with Gasteiger partial charge in [0, 0.05) is 6.42 Å². The molecule has 9 heteroatoms. The molecule has 0 rings (SSSR count). The minimum atomic E-state index is -4.34. The molecule has 0 aliphatic rings. The van der Waals surface area contributed by atoms with E-state index in [0.29, 0.717) is 17.4 Å². The van der Waals surface area contributed by atoms with Crippen LogP contribution in [0.5, 0.6) is 0 Å². The van der Waals surface area contributed by atoms with Crippen molar-refractivity contribution < 1.29 is 32.9 Å². The fraction of sp³-hybridized carbons (Fsp3) is 0.848. The normalized spacial score (nSPS) is 14.7. The smallest absolute Gasteiger partial charge is 0.387 e. The van der Waals surface area contributed by atoms with Crippen molar-refractivity contribution in [1.29, 1.82) is 0 Å². The van der Waals surface area contributed by atoms with Crippen LogP contribution in [0.25, 0.3) is 0 Å². The minimum Gasteiger partial charge on any atom is -0.387 e. The summed E-state index contributed by atoms with van der Waals surface area (Å²) in [6, 6.07) is -0.852. The summed E-state index contributed by atoms with van der Waals surface area (Å²) < 4.78 is 23.6. The summed E-state index contributed by atoms with van der Waals surface area (Å²) >= 11 is 0. The fourth-order valence-electron chi connectivity index (χ4n) is 6.41. The fourth-order valence-corrected chi connectivity index (χ4v) is 7.15. The average Bonchev–Trinajstić information content (AvgIpc) is 3.13. The molecule has 0 aliphatic carbocycles. The van der Waals surface area contributed by atoms with Crippen LogP contribution in [0, 0.1) is 0 Å². The minimum absolute atomic E-state index is 0.0584. The summed E-state index contributed by atoms with van der Waals surface area (Å²) in [6.07, 6.45) is 46.4. The van der Waals surface area contributed by atoms with Gasteiger partial charge in [0.05, 0.1) is 39.9 Å². The number of allylic oxidation sites excluding steroid dienone is 5. The van der Waals surface area contributed by atoms with Gasteiger partial charge in [0.2, 0.25) is 5.91 Å². The summed E-state index contributed by atoms with van der Waals surface area (Å²) in [5.74, 6) is -0.192. The average molecular weight is 798 g/mol. The number of unbranched alkanes of at least 4 members (excludes halogenated alkanes) is 24. The van der Waals surface area contributed by atoms with Gasteiger partial charge in [-0.3, -0.25) is 13.8 Å². The van der Waals surface area contributed by atoms with Crippen molar-refractivity contribution in [2.45, 2.75) is 212 Å². The van der Waals surface area contributed by atoms with Crippen LogP contribution in [-0.2, 0) is 18.4 Å². The number of nitrogens with one attached hydrogen (secondary N) is 1. The molecule has 0 spiro atoms. The first-order chi connectivity index (χ1) is 26.5.